The highest BCUT2D eigenvalue weighted by molar-refractivity contribution is 5.37. The maximum absolute atomic E-state index is 3.28. The molecule has 0 aromatic heterocycles. The van der Waals surface area contributed by atoms with Gasteiger partial charge in [-0.1, -0.05) is 41.9 Å². The van der Waals surface area contributed by atoms with Crippen molar-refractivity contribution in [2.75, 3.05) is 14.1 Å². The van der Waals surface area contributed by atoms with Gasteiger partial charge in [-0.15, -0.1) is 0 Å². The second kappa shape index (κ2) is 5.58. The van der Waals surface area contributed by atoms with E-state index in [-0.39, 0.29) is 6.04 Å². The third-order valence-corrected chi connectivity index (χ3v) is 2.64. The van der Waals surface area contributed by atoms with Crippen LogP contribution in [0.2, 0.25) is 0 Å². The summed E-state index contributed by atoms with van der Waals surface area (Å²) in [5, 5.41) is 0. The Morgan fingerprint density at radius 3 is 2.41 bits per heavy atom. The third kappa shape index (κ3) is 3.99. The first-order chi connectivity index (χ1) is 8.25. The second-order valence-electron chi connectivity index (χ2n) is 4.56. The summed E-state index contributed by atoms with van der Waals surface area (Å²) in [4.78, 5) is 2.06. The molecule has 1 atom stereocenters. The number of rotatable bonds is 1. The topological polar surface area (TPSA) is 3.24 Å². The van der Waals surface area contributed by atoms with Gasteiger partial charge in [-0.2, -0.15) is 0 Å². The van der Waals surface area contributed by atoms with Crippen LogP contribution in [0.5, 0.6) is 0 Å². The van der Waals surface area contributed by atoms with Crippen molar-refractivity contribution < 1.29 is 0 Å². The maximum Gasteiger partial charge on any atom is 0.133 e. The average molecular weight is 223 g/mol. The average Bonchev–Trinajstić information content (AvgIpc) is 3.14. The van der Waals surface area contributed by atoms with Gasteiger partial charge in [-0.25, -0.2) is 0 Å². The minimum atomic E-state index is 0.0378. The number of benzene rings is 1. The fourth-order valence-corrected chi connectivity index (χ4v) is 1.39. The number of nitrogens with zero attached hydrogens (tertiary/aromatic N) is 1. The zero-order chi connectivity index (χ0) is 12.1. The van der Waals surface area contributed by atoms with Crippen LogP contribution in [-0.2, 0) is 0 Å². The lowest BCUT2D eigenvalue weighted by Crippen LogP contribution is -2.24. The quantitative estimate of drug-likeness (QED) is 0.661. The van der Waals surface area contributed by atoms with E-state index in [2.05, 4.69) is 28.6 Å². The molecule has 0 heterocycles. The molecular weight excluding hydrogens is 206 g/mol. The van der Waals surface area contributed by atoms with E-state index in [1.54, 1.807) is 0 Å². The molecule has 0 N–H and O–H groups in total. The van der Waals surface area contributed by atoms with Crippen molar-refractivity contribution in [1.29, 1.82) is 0 Å². The van der Waals surface area contributed by atoms with Gasteiger partial charge in [-0.05, 0) is 39.1 Å². The molecule has 0 amide bonds. The fourth-order valence-electron chi connectivity index (χ4n) is 1.39. The largest absolute Gasteiger partial charge is 0.286 e. The van der Waals surface area contributed by atoms with Crippen molar-refractivity contribution in [2.45, 2.75) is 18.9 Å². The Labute approximate surface area is 104 Å². The summed E-state index contributed by atoms with van der Waals surface area (Å²) in [5.74, 6) is 13.6. The van der Waals surface area contributed by atoms with Gasteiger partial charge in [0.05, 0.1) is 0 Å². The van der Waals surface area contributed by atoms with Crippen molar-refractivity contribution in [3.05, 3.63) is 35.9 Å². The highest BCUT2D eigenvalue weighted by Gasteiger charge is 2.18. The van der Waals surface area contributed by atoms with E-state index in [4.69, 9.17) is 0 Å². The van der Waals surface area contributed by atoms with E-state index < -0.39 is 0 Å². The molecule has 1 unspecified atom stereocenters. The van der Waals surface area contributed by atoms with E-state index in [1.807, 2.05) is 44.4 Å². The molecule has 1 aromatic rings. The standard InChI is InChI=1S/C16H17N/c1-17(2)16(13-11-15-8-9-15)12-10-14-6-4-3-5-7-14/h3-7,15-16H,8-9H2,1-2H3. The van der Waals surface area contributed by atoms with Crippen molar-refractivity contribution in [3.63, 3.8) is 0 Å². The summed E-state index contributed by atoms with van der Waals surface area (Å²) in [6.07, 6.45) is 2.53. The Morgan fingerprint density at radius 1 is 1.12 bits per heavy atom. The molecule has 17 heavy (non-hydrogen) atoms. The first-order valence-corrected chi connectivity index (χ1v) is 6.00. The molecule has 0 bridgehead atoms. The van der Waals surface area contributed by atoms with Crippen LogP contribution in [0, 0.1) is 29.6 Å². The Balaban J connectivity index is 2.08. The molecule has 0 aliphatic heterocycles. The van der Waals surface area contributed by atoms with Crippen LogP contribution in [-0.4, -0.2) is 25.0 Å². The Morgan fingerprint density at radius 2 is 1.82 bits per heavy atom. The zero-order valence-electron chi connectivity index (χ0n) is 10.4. The molecule has 86 valence electrons. The van der Waals surface area contributed by atoms with Gasteiger partial charge in [0, 0.05) is 11.5 Å². The Hall–Kier alpha value is -1.70. The van der Waals surface area contributed by atoms with Crippen LogP contribution >= 0.6 is 0 Å². The number of hydrogen-bond donors (Lipinski definition) is 0. The van der Waals surface area contributed by atoms with Gasteiger partial charge in [0.1, 0.15) is 6.04 Å². The summed E-state index contributed by atoms with van der Waals surface area (Å²) in [6.45, 7) is 0. The van der Waals surface area contributed by atoms with Gasteiger partial charge in [0.15, 0.2) is 0 Å². The Bertz CT molecular complexity index is 475. The molecule has 1 nitrogen and oxygen atoms in total. The third-order valence-electron chi connectivity index (χ3n) is 2.64. The molecule has 1 aromatic carbocycles. The van der Waals surface area contributed by atoms with E-state index in [1.165, 1.54) is 12.8 Å². The predicted molar refractivity (Wildman–Crippen MR) is 71.3 cm³/mol. The second-order valence-corrected chi connectivity index (χ2v) is 4.56. The Kier molecular flexibility index (Phi) is 3.86. The molecule has 0 radical (unpaired) electrons. The predicted octanol–water partition coefficient (Wildman–Crippen LogP) is 2.38. The lowest BCUT2D eigenvalue weighted by molar-refractivity contribution is 0.409. The smallest absolute Gasteiger partial charge is 0.133 e. The fraction of sp³-hybridized carbons (Fsp3) is 0.375. The normalized spacial score (nSPS) is 15.5. The van der Waals surface area contributed by atoms with Crippen LogP contribution in [0.25, 0.3) is 0 Å². The van der Waals surface area contributed by atoms with Crippen molar-refractivity contribution in [2.24, 2.45) is 5.92 Å². The van der Waals surface area contributed by atoms with Gasteiger partial charge in [0.2, 0.25) is 0 Å². The van der Waals surface area contributed by atoms with Gasteiger partial charge >= 0.3 is 0 Å². The first-order valence-electron chi connectivity index (χ1n) is 6.00. The minimum Gasteiger partial charge on any atom is -0.286 e. The number of hydrogen-bond acceptors (Lipinski definition) is 1. The van der Waals surface area contributed by atoms with Crippen molar-refractivity contribution >= 4 is 0 Å². The van der Waals surface area contributed by atoms with Crippen molar-refractivity contribution in [1.82, 2.24) is 4.90 Å². The van der Waals surface area contributed by atoms with Crippen LogP contribution in [0.15, 0.2) is 30.3 Å². The SMILES string of the molecule is CN(C)C(C#Cc1ccccc1)C#CC1CC1. The highest BCUT2D eigenvalue weighted by Crippen LogP contribution is 2.27. The summed E-state index contributed by atoms with van der Waals surface area (Å²) >= 11 is 0. The molecule has 2 rings (SSSR count). The molecule has 0 spiro atoms. The van der Waals surface area contributed by atoms with Crippen molar-refractivity contribution in [3.8, 4) is 23.7 Å². The molecule has 1 aliphatic rings. The zero-order valence-corrected chi connectivity index (χ0v) is 10.4. The van der Waals surface area contributed by atoms with E-state index in [0.29, 0.717) is 5.92 Å². The monoisotopic (exact) mass is 223 g/mol. The molecule has 1 heteroatoms. The van der Waals surface area contributed by atoms with Crippen LogP contribution in [0.1, 0.15) is 18.4 Å². The summed E-state index contributed by atoms with van der Waals surface area (Å²) in [7, 11) is 4.04. The molecule has 1 saturated carbocycles. The van der Waals surface area contributed by atoms with Gasteiger partial charge in [-0.3, -0.25) is 4.90 Å². The summed E-state index contributed by atoms with van der Waals surface area (Å²) in [5.41, 5.74) is 1.05. The van der Waals surface area contributed by atoms with Crippen LogP contribution < -0.4 is 0 Å². The van der Waals surface area contributed by atoms with Gasteiger partial charge in [0.25, 0.3) is 0 Å². The summed E-state index contributed by atoms with van der Waals surface area (Å²) in [6, 6.07) is 10.1. The van der Waals surface area contributed by atoms with E-state index in [9.17, 15) is 0 Å². The lowest BCUT2D eigenvalue weighted by Gasteiger charge is -2.12. The highest BCUT2D eigenvalue weighted by atomic mass is 15.1. The van der Waals surface area contributed by atoms with Crippen LogP contribution in [0.3, 0.4) is 0 Å². The van der Waals surface area contributed by atoms with E-state index >= 15 is 0 Å². The molecule has 0 saturated heterocycles. The van der Waals surface area contributed by atoms with E-state index in [0.717, 1.165) is 5.56 Å². The van der Waals surface area contributed by atoms with Gasteiger partial charge < -0.3 is 0 Å². The minimum absolute atomic E-state index is 0.0378. The summed E-state index contributed by atoms with van der Waals surface area (Å²) < 4.78 is 0. The molecule has 1 aliphatic carbocycles. The maximum atomic E-state index is 3.28. The first kappa shape index (κ1) is 11.8. The van der Waals surface area contributed by atoms with Crippen LogP contribution in [0.4, 0.5) is 0 Å². The molecular formula is C16H17N. The molecule has 1 fully saturated rings. The lowest BCUT2D eigenvalue weighted by atomic mass is 10.2.